The van der Waals surface area contributed by atoms with E-state index in [2.05, 4.69) is 64.7 Å². The third-order valence-electron chi connectivity index (χ3n) is 6.93. The van der Waals surface area contributed by atoms with E-state index in [9.17, 15) is 9.59 Å². The van der Waals surface area contributed by atoms with E-state index in [1.54, 1.807) is 6.92 Å². The molecular formula is C26H34N4O2. The van der Waals surface area contributed by atoms with Gasteiger partial charge in [0.05, 0.1) is 12.1 Å². The quantitative estimate of drug-likeness (QED) is 0.734. The lowest BCUT2D eigenvalue weighted by Gasteiger charge is -2.44. The molecule has 0 spiro atoms. The standard InChI is InChI=1S/C26H34N4O2/c1-4-20-10-8-9-13-23(20)27-24(32)16-30-18-26(28-19(2)31)17-29(3)15-14-22(26)25(30)21-11-6-5-7-12-21/h5-13,22,25H,4,14-18H2,1-3H3,(H,27,32)(H,28,31)/t22-,25-,26-/m1/s1. The highest BCUT2D eigenvalue weighted by Gasteiger charge is 2.55. The third-order valence-corrected chi connectivity index (χ3v) is 6.93. The first-order valence-corrected chi connectivity index (χ1v) is 11.6. The molecule has 2 heterocycles. The van der Waals surface area contributed by atoms with E-state index < -0.39 is 0 Å². The van der Waals surface area contributed by atoms with Gasteiger partial charge in [0, 0.05) is 37.7 Å². The molecule has 0 radical (unpaired) electrons. The van der Waals surface area contributed by atoms with Crippen LogP contribution in [0, 0.1) is 5.92 Å². The zero-order valence-electron chi connectivity index (χ0n) is 19.3. The molecule has 2 fully saturated rings. The number of rotatable bonds is 6. The van der Waals surface area contributed by atoms with Gasteiger partial charge in [0.15, 0.2) is 0 Å². The normalized spacial score (nSPS) is 25.8. The maximum absolute atomic E-state index is 13.2. The molecule has 2 aromatic rings. The molecule has 6 heteroatoms. The van der Waals surface area contributed by atoms with Gasteiger partial charge in [0.1, 0.15) is 0 Å². The summed E-state index contributed by atoms with van der Waals surface area (Å²) in [5, 5.41) is 6.43. The number of nitrogens with one attached hydrogen (secondary N) is 2. The van der Waals surface area contributed by atoms with Gasteiger partial charge in [0.25, 0.3) is 0 Å². The molecule has 6 nitrogen and oxygen atoms in total. The Morgan fingerprint density at radius 1 is 1.06 bits per heavy atom. The number of nitrogens with zero attached hydrogens (tertiary/aromatic N) is 2. The summed E-state index contributed by atoms with van der Waals surface area (Å²) in [4.78, 5) is 29.9. The lowest BCUT2D eigenvalue weighted by Crippen LogP contribution is -2.63. The van der Waals surface area contributed by atoms with E-state index in [1.165, 1.54) is 5.56 Å². The van der Waals surface area contributed by atoms with Gasteiger partial charge in [-0.2, -0.15) is 0 Å². The van der Waals surface area contributed by atoms with E-state index in [4.69, 9.17) is 0 Å². The predicted octanol–water partition coefficient (Wildman–Crippen LogP) is 3.07. The van der Waals surface area contributed by atoms with Crippen molar-refractivity contribution in [3.8, 4) is 0 Å². The van der Waals surface area contributed by atoms with Crippen molar-refractivity contribution in [2.75, 3.05) is 38.5 Å². The van der Waals surface area contributed by atoms with Crippen LogP contribution in [-0.4, -0.2) is 60.4 Å². The molecule has 2 saturated heterocycles. The largest absolute Gasteiger partial charge is 0.348 e. The average Bonchev–Trinajstić information content (AvgIpc) is 3.06. The number of hydrogen-bond donors (Lipinski definition) is 2. The number of anilines is 1. The monoisotopic (exact) mass is 434 g/mol. The number of likely N-dealkylation sites (N-methyl/N-ethyl adjacent to an activating group) is 1. The Kier molecular flexibility index (Phi) is 6.63. The Balaban J connectivity index is 1.63. The second kappa shape index (κ2) is 9.43. The topological polar surface area (TPSA) is 64.7 Å². The molecule has 2 aromatic carbocycles. The number of carbonyl (C=O) groups excluding carboxylic acids is 2. The number of para-hydroxylation sites is 1. The molecule has 2 aliphatic rings. The van der Waals surface area contributed by atoms with Gasteiger partial charge in [-0.15, -0.1) is 0 Å². The lowest BCUT2D eigenvalue weighted by atomic mass is 9.76. The van der Waals surface area contributed by atoms with Crippen LogP contribution in [0.4, 0.5) is 5.69 Å². The number of benzene rings is 2. The van der Waals surface area contributed by atoms with Crippen LogP contribution in [-0.2, 0) is 16.0 Å². The predicted molar refractivity (Wildman–Crippen MR) is 127 cm³/mol. The maximum Gasteiger partial charge on any atom is 0.238 e. The fourth-order valence-electron chi connectivity index (χ4n) is 5.75. The van der Waals surface area contributed by atoms with Gasteiger partial charge in [-0.25, -0.2) is 0 Å². The number of hydrogen-bond acceptors (Lipinski definition) is 4. The van der Waals surface area contributed by atoms with Crippen molar-refractivity contribution in [1.82, 2.24) is 15.1 Å². The Labute approximate surface area is 191 Å². The summed E-state index contributed by atoms with van der Waals surface area (Å²) >= 11 is 0. The highest BCUT2D eigenvalue weighted by atomic mass is 16.2. The van der Waals surface area contributed by atoms with Crippen LogP contribution in [0.1, 0.15) is 37.4 Å². The zero-order valence-corrected chi connectivity index (χ0v) is 19.3. The minimum Gasteiger partial charge on any atom is -0.348 e. The molecule has 32 heavy (non-hydrogen) atoms. The van der Waals surface area contributed by atoms with Crippen molar-refractivity contribution in [3.63, 3.8) is 0 Å². The number of carbonyl (C=O) groups is 2. The average molecular weight is 435 g/mol. The van der Waals surface area contributed by atoms with E-state index in [1.807, 2.05) is 24.3 Å². The first-order valence-electron chi connectivity index (χ1n) is 11.6. The van der Waals surface area contributed by atoms with E-state index >= 15 is 0 Å². The van der Waals surface area contributed by atoms with Gasteiger partial charge < -0.3 is 15.5 Å². The zero-order chi connectivity index (χ0) is 22.7. The van der Waals surface area contributed by atoms with Crippen LogP contribution in [0.15, 0.2) is 54.6 Å². The van der Waals surface area contributed by atoms with Crippen LogP contribution < -0.4 is 10.6 Å². The van der Waals surface area contributed by atoms with Crippen molar-refractivity contribution < 1.29 is 9.59 Å². The van der Waals surface area contributed by atoms with Crippen LogP contribution in [0.3, 0.4) is 0 Å². The summed E-state index contributed by atoms with van der Waals surface area (Å²) in [5.41, 5.74) is 2.85. The van der Waals surface area contributed by atoms with Crippen molar-refractivity contribution in [1.29, 1.82) is 0 Å². The Morgan fingerprint density at radius 3 is 2.50 bits per heavy atom. The molecule has 4 rings (SSSR count). The van der Waals surface area contributed by atoms with Gasteiger partial charge in [0.2, 0.25) is 11.8 Å². The summed E-state index contributed by atoms with van der Waals surface area (Å²) in [5.74, 6) is 0.220. The van der Waals surface area contributed by atoms with Crippen molar-refractivity contribution in [2.45, 2.75) is 38.3 Å². The molecular weight excluding hydrogens is 400 g/mol. The molecule has 2 N–H and O–H groups in total. The van der Waals surface area contributed by atoms with Crippen LogP contribution in [0.25, 0.3) is 0 Å². The minimum absolute atomic E-state index is 0.0136. The van der Waals surface area contributed by atoms with Crippen LogP contribution in [0.5, 0.6) is 0 Å². The minimum atomic E-state index is -0.360. The lowest BCUT2D eigenvalue weighted by molar-refractivity contribution is -0.122. The van der Waals surface area contributed by atoms with Gasteiger partial charge in [-0.3, -0.25) is 14.5 Å². The molecule has 2 amide bonds. The van der Waals surface area contributed by atoms with E-state index in [0.29, 0.717) is 13.1 Å². The van der Waals surface area contributed by atoms with Crippen LogP contribution in [0.2, 0.25) is 0 Å². The van der Waals surface area contributed by atoms with Crippen molar-refractivity contribution >= 4 is 17.5 Å². The molecule has 0 aromatic heterocycles. The van der Waals surface area contributed by atoms with Gasteiger partial charge in [-0.1, -0.05) is 55.5 Å². The molecule has 3 atom stereocenters. The Bertz CT molecular complexity index is 963. The molecule has 2 aliphatic heterocycles. The number of likely N-dealkylation sites (tertiary alicyclic amines) is 2. The first-order chi connectivity index (χ1) is 15.4. The first kappa shape index (κ1) is 22.5. The third kappa shape index (κ3) is 4.57. The van der Waals surface area contributed by atoms with Crippen LogP contribution >= 0.6 is 0 Å². The van der Waals surface area contributed by atoms with Gasteiger partial charge in [-0.05, 0) is 43.6 Å². The molecule has 0 bridgehead atoms. The second-order valence-corrected chi connectivity index (χ2v) is 9.29. The SMILES string of the molecule is CCc1ccccc1NC(=O)CN1C[C@]2(NC(C)=O)CN(C)CC[C@@H]2[C@H]1c1ccccc1. The Hall–Kier alpha value is -2.70. The summed E-state index contributed by atoms with van der Waals surface area (Å²) in [7, 11) is 2.11. The fraction of sp³-hybridized carbons (Fsp3) is 0.462. The van der Waals surface area contributed by atoms with Gasteiger partial charge >= 0.3 is 0 Å². The van der Waals surface area contributed by atoms with E-state index in [0.717, 1.165) is 37.2 Å². The van der Waals surface area contributed by atoms with Crippen molar-refractivity contribution in [2.24, 2.45) is 5.92 Å². The summed E-state index contributed by atoms with van der Waals surface area (Å²) in [6.45, 7) is 6.41. The highest BCUT2D eigenvalue weighted by Crippen LogP contribution is 2.47. The molecule has 170 valence electrons. The number of aryl methyl sites for hydroxylation is 1. The van der Waals surface area contributed by atoms with Crippen molar-refractivity contribution in [3.05, 3.63) is 65.7 Å². The number of fused-ring (bicyclic) bond motifs is 1. The fourth-order valence-corrected chi connectivity index (χ4v) is 5.75. The second-order valence-electron chi connectivity index (χ2n) is 9.29. The maximum atomic E-state index is 13.2. The summed E-state index contributed by atoms with van der Waals surface area (Å²) in [6, 6.07) is 18.5. The molecule has 0 saturated carbocycles. The summed E-state index contributed by atoms with van der Waals surface area (Å²) in [6.07, 6.45) is 1.85. The Morgan fingerprint density at radius 2 is 1.78 bits per heavy atom. The smallest absolute Gasteiger partial charge is 0.238 e. The molecule has 0 aliphatic carbocycles. The number of amides is 2. The molecule has 0 unspecified atom stereocenters. The number of piperidine rings is 1. The summed E-state index contributed by atoms with van der Waals surface area (Å²) < 4.78 is 0. The highest BCUT2D eigenvalue weighted by molar-refractivity contribution is 5.93. The van der Waals surface area contributed by atoms with E-state index in [-0.39, 0.29) is 29.3 Å².